The third-order valence-electron chi connectivity index (χ3n) is 2.25. The van der Waals surface area contributed by atoms with Gasteiger partial charge < -0.3 is 10.6 Å². The molecule has 6 heteroatoms. The van der Waals surface area contributed by atoms with E-state index in [2.05, 4.69) is 6.58 Å². The molecule has 1 aliphatic rings. The van der Waals surface area contributed by atoms with E-state index in [1.54, 1.807) is 0 Å². The lowest BCUT2D eigenvalue weighted by Crippen LogP contribution is -2.34. The largest absolute Gasteiger partial charge is 0.329 e. The van der Waals surface area contributed by atoms with Gasteiger partial charge >= 0.3 is 0 Å². The maximum absolute atomic E-state index is 11.5. The number of rotatable bonds is 4. The molecule has 1 amide bonds. The van der Waals surface area contributed by atoms with Crippen LogP contribution in [0.4, 0.5) is 0 Å². The highest BCUT2D eigenvalue weighted by atomic mass is 32.2. The monoisotopic (exact) mass is 218 g/mol. The molecular formula is C8H14N2O3S. The lowest BCUT2D eigenvalue weighted by molar-refractivity contribution is -0.125. The first-order chi connectivity index (χ1) is 6.53. The molecule has 1 saturated heterocycles. The zero-order valence-corrected chi connectivity index (χ0v) is 8.66. The number of hydrogen-bond acceptors (Lipinski definition) is 4. The van der Waals surface area contributed by atoms with E-state index in [0.29, 0.717) is 13.0 Å². The Morgan fingerprint density at radius 1 is 1.64 bits per heavy atom. The van der Waals surface area contributed by atoms with Crippen LogP contribution in [0.1, 0.15) is 6.42 Å². The van der Waals surface area contributed by atoms with Crippen LogP contribution in [0, 0.1) is 0 Å². The number of likely N-dealkylation sites (tertiary alicyclic amines) is 1. The van der Waals surface area contributed by atoms with Gasteiger partial charge in [-0.2, -0.15) is 0 Å². The Labute approximate surface area is 83.5 Å². The van der Waals surface area contributed by atoms with E-state index in [4.69, 9.17) is 5.73 Å². The fourth-order valence-electron chi connectivity index (χ4n) is 1.50. The number of hydrogen-bond donors (Lipinski definition) is 1. The van der Waals surface area contributed by atoms with E-state index in [0.717, 1.165) is 0 Å². The van der Waals surface area contributed by atoms with Crippen molar-refractivity contribution in [1.29, 1.82) is 0 Å². The molecular weight excluding hydrogens is 204 g/mol. The average Bonchev–Trinajstić information content (AvgIpc) is 2.47. The Bertz CT molecular complexity index is 336. The predicted octanol–water partition coefficient (Wildman–Crippen LogP) is -0.896. The molecule has 1 unspecified atom stereocenters. The zero-order valence-electron chi connectivity index (χ0n) is 7.85. The fourth-order valence-corrected chi connectivity index (χ4v) is 3.02. The SMILES string of the molecule is C=CN1CCC(S(=O)(=O)CCN)C1=O. The van der Waals surface area contributed by atoms with E-state index in [1.807, 2.05) is 0 Å². The first kappa shape index (κ1) is 11.2. The van der Waals surface area contributed by atoms with Crippen LogP contribution in [0.25, 0.3) is 0 Å². The van der Waals surface area contributed by atoms with Crippen LogP contribution in [-0.2, 0) is 14.6 Å². The lowest BCUT2D eigenvalue weighted by atomic mass is 10.4. The minimum Gasteiger partial charge on any atom is -0.329 e. The molecule has 0 aromatic rings. The smallest absolute Gasteiger partial charge is 0.244 e. The molecule has 5 nitrogen and oxygen atoms in total. The van der Waals surface area contributed by atoms with Crippen LogP contribution in [-0.4, -0.2) is 43.3 Å². The second kappa shape index (κ2) is 4.10. The maximum Gasteiger partial charge on any atom is 0.244 e. The molecule has 0 aliphatic carbocycles. The van der Waals surface area contributed by atoms with Crippen molar-refractivity contribution in [2.24, 2.45) is 5.73 Å². The summed E-state index contributed by atoms with van der Waals surface area (Å²) in [5.74, 6) is -0.512. The van der Waals surface area contributed by atoms with Crippen LogP contribution < -0.4 is 5.73 Å². The highest BCUT2D eigenvalue weighted by Gasteiger charge is 2.39. The summed E-state index contributed by atoms with van der Waals surface area (Å²) in [6.45, 7) is 3.92. The van der Waals surface area contributed by atoms with Gasteiger partial charge in [-0.1, -0.05) is 6.58 Å². The van der Waals surface area contributed by atoms with Gasteiger partial charge in [-0.25, -0.2) is 8.42 Å². The predicted molar refractivity (Wildman–Crippen MR) is 53.2 cm³/mol. The van der Waals surface area contributed by atoms with Gasteiger partial charge in [0.1, 0.15) is 5.25 Å². The van der Waals surface area contributed by atoms with Crippen LogP contribution in [0.15, 0.2) is 12.8 Å². The molecule has 0 bridgehead atoms. The Hall–Kier alpha value is -0.880. The van der Waals surface area contributed by atoms with Gasteiger partial charge in [0.05, 0.1) is 5.75 Å². The molecule has 2 N–H and O–H groups in total. The minimum atomic E-state index is -3.37. The van der Waals surface area contributed by atoms with Crippen LogP contribution in [0.3, 0.4) is 0 Å². The summed E-state index contributed by atoms with van der Waals surface area (Å²) in [7, 11) is -3.37. The molecule has 0 aromatic heterocycles. The van der Waals surface area contributed by atoms with Crippen molar-refractivity contribution in [2.45, 2.75) is 11.7 Å². The number of carbonyl (C=O) groups excluding carboxylic acids is 1. The normalized spacial score (nSPS) is 22.8. The quantitative estimate of drug-likeness (QED) is 0.663. The van der Waals surface area contributed by atoms with Gasteiger partial charge in [-0.15, -0.1) is 0 Å². The van der Waals surface area contributed by atoms with Crippen molar-refractivity contribution >= 4 is 15.7 Å². The summed E-state index contributed by atoms with van der Waals surface area (Å²) in [4.78, 5) is 12.8. The number of nitrogens with two attached hydrogens (primary N) is 1. The summed E-state index contributed by atoms with van der Waals surface area (Å²) in [6.07, 6.45) is 1.70. The number of carbonyl (C=O) groups is 1. The molecule has 1 rings (SSSR count). The summed E-state index contributed by atoms with van der Waals surface area (Å²) in [5, 5.41) is -0.913. The van der Waals surface area contributed by atoms with Crippen molar-refractivity contribution in [1.82, 2.24) is 4.90 Å². The van der Waals surface area contributed by atoms with E-state index in [-0.39, 0.29) is 18.2 Å². The molecule has 0 spiro atoms. The van der Waals surface area contributed by atoms with Crippen LogP contribution in [0.2, 0.25) is 0 Å². The molecule has 1 atom stereocenters. The van der Waals surface area contributed by atoms with Crippen LogP contribution in [0.5, 0.6) is 0 Å². The van der Waals surface area contributed by atoms with Crippen molar-refractivity contribution in [3.05, 3.63) is 12.8 Å². The number of nitrogens with zero attached hydrogens (tertiary/aromatic N) is 1. The first-order valence-electron chi connectivity index (χ1n) is 4.37. The Morgan fingerprint density at radius 3 is 2.71 bits per heavy atom. The third kappa shape index (κ3) is 1.96. The first-order valence-corrected chi connectivity index (χ1v) is 6.09. The van der Waals surface area contributed by atoms with Gasteiger partial charge in [0.2, 0.25) is 5.91 Å². The van der Waals surface area contributed by atoms with E-state index in [9.17, 15) is 13.2 Å². The summed E-state index contributed by atoms with van der Waals surface area (Å²) < 4.78 is 23.1. The van der Waals surface area contributed by atoms with Crippen molar-refractivity contribution < 1.29 is 13.2 Å². The second-order valence-corrected chi connectivity index (χ2v) is 5.45. The highest BCUT2D eigenvalue weighted by molar-refractivity contribution is 7.92. The molecule has 0 saturated carbocycles. The van der Waals surface area contributed by atoms with Gasteiger partial charge in [-0.3, -0.25) is 4.79 Å². The van der Waals surface area contributed by atoms with Gasteiger partial charge in [0.15, 0.2) is 9.84 Å². The summed E-state index contributed by atoms with van der Waals surface area (Å²) in [5.41, 5.74) is 5.17. The van der Waals surface area contributed by atoms with E-state index < -0.39 is 15.1 Å². The van der Waals surface area contributed by atoms with Crippen LogP contribution >= 0.6 is 0 Å². The molecule has 1 aliphatic heterocycles. The van der Waals surface area contributed by atoms with Crippen molar-refractivity contribution in [3.8, 4) is 0 Å². The second-order valence-electron chi connectivity index (χ2n) is 3.15. The molecule has 0 radical (unpaired) electrons. The Morgan fingerprint density at radius 2 is 2.29 bits per heavy atom. The Kier molecular flexibility index (Phi) is 3.28. The van der Waals surface area contributed by atoms with Gasteiger partial charge in [-0.05, 0) is 12.6 Å². The van der Waals surface area contributed by atoms with Crippen molar-refractivity contribution in [3.63, 3.8) is 0 Å². The summed E-state index contributed by atoms with van der Waals surface area (Å²) in [6, 6.07) is 0. The lowest BCUT2D eigenvalue weighted by Gasteiger charge is -2.10. The number of sulfone groups is 1. The summed E-state index contributed by atoms with van der Waals surface area (Å²) >= 11 is 0. The molecule has 80 valence electrons. The molecule has 14 heavy (non-hydrogen) atoms. The van der Waals surface area contributed by atoms with E-state index >= 15 is 0 Å². The fraction of sp³-hybridized carbons (Fsp3) is 0.625. The molecule has 0 aromatic carbocycles. The highest BCUT2D eigenvalue weighted by Crippen LogP contribution is 2.18. The van der Waals surface area contributed by atoms with Gasteiger partial charge in [0, 0.05) is 13.1 Å². The average molecular weight is 218 g/mol. The molecule has 1 fully saturated rings. The maximum atomic E-state index is 11.5. The standard InChI is InChI=1S/C8H14N2O3S/c1-2-10-5-3-7(8(10)11)14(12,13)6-4-9/h2,7H,1,3-6,9H2. The topological polar surface area (TPSA) is 80.5 Å². The molecule has 1 heterocycles. The minimum absolute atomic E-state index is 0.0558. The van der Waals surface area contributed by atoms with E-state index in [1.165, 1.54) is 11.1 Å². The van der Waals surface area contributed by atoms with Gasteiger partial charge in [0.25, 0.3) is 0 Å². The third-order valence-corrected chi connectivity index (χ3v) is 4.36. The number of amides is 1. The van der Waals surface area contributed by atoms with Crippen molar-refractivity contribution in [2.75, 3.05) is 18.8 Å². The zero-order chi connectivity index (χ0) is 10.8. The Balaban J connectivity index is 2.82.